The van der Waals surface area contributed by atoms with Crippen molar-refractivity contribution in [2.75, 3.05) is 11.5 Å². The van der Waals surface area contributed by atoms with E-state index in [2.05, 4.69) is 0 Å². The van der Waals surface area contributed by atoms with Crippen LogP contribution >= 0.6 is 48.0 Å². The van der Waals surface area contributed by atoms with Crippen molar-refractivity contribution in [1.82, 2.24) is 0 Å². The van der Waals surface area contributed by atoms with Crippen LogP contribution in [0.2, 0.25) is 0 Å². The second kappa shape index (κ2) is 8.70. The molecule has 0 bridgehead atoms. The first-order valence-electron chi connectivity index (χ1n) is 6.21. The van der Waals surface area contributed by atoms with Crippen LogP contribution < -0.4 is 0 Å². The van der Waals surface area contributed by atoms with E-state index in [4.69, 9.17) is 33.9 Å². The van der Waals surface area contributed by atoms with Crippen LogP contribution in [0, 0.1) is 0 Å². The number of hydrogen-bond donors (Lipinski definition) is 0. The maximum Gasteiger partial charge on any atom is 0.220 e. The van der Waals surface area contributed by atoms with Crippen LogP contribution in [-0.2, 0) is 9.47 Å². The summed E-state index contributed by atoms with van der Waals surface area (Å²) in [6.07, 6.45) is 1.02. The number of thioether (sulfide) groups is 2. The molecule has 0 heterocycles. The summed E-state index contributed by atoms with van der Waals surface area (Å²) in [6, 6.07) is 0. The third-order valence-electron chi connectivity index (χ3n) is 1.51. The van der Waals surface area contributed by atoms with E-state index in [-0.39, 0.29) is 11.2 Å². The molecule has 0 aliphatic carbocycles. The van der Waals surface area contributed by atoms with Crippen LogP contribution in [0.4, 0.5) is 0 Å². The molecule has 0 aliphatic rings. The molecule has 6 heteroatoms. The van der Waals surface area contributed by atoms with Gasteiger partial charge >= 0.3 is 0 Å². The molecule has 0 aromatic heterocycles. The van der Waals surface area contributed by atoms with Gasteiger partial charge in [0.05, 0.1) is 0 Å². The Morgan fingerprint density at radius 1 is 0.789 bits per heavy atom. The van der Waals surface area contributed by atoms with E-state index in [1.165, 1.54) is 0 Å². The Kier molecular flexibility index (Phi) is 8.92. The predicted molar refractivity (Wildman–Crippen MR) is 96.4 cm³/mol. The first-order chi connectivity index (χ1) is 8.49. The Morgan fingerprint density at radius 2 is 1.11 bits per heavy atom. The smallest absolute Gasteiger partial charge is 0.220 e. The summed E-state index contributed by atoms with van der Waals surface area (Å²) in [5.41, 5.74) is -0.415. The first kappa shape index (κ1) is 19.5. The second-order valence-corrected chi connectivity index (χ2v) is 9.37. The number of thiocarbonyl (C=S) groups is 2. The normalized spacial score (nSPS) is 12.1. The van der Waals surface area contributed by atoms with Crippen LogP contribution in [0.15, 0.2) is 0 Å². The molecule has 0 fully saturated rings. The van der Waals surface area contributed by atoms with Gasteiger partial charge in [-0.15, -0.1) is 0 Å². The minimum atomic E-state index is -0.207. The first-order valence-corrected chi connectivity index (χ1v) is 9.00. The minimum Gasteiger partial charge on any atom is -0.473 e. The third kappa shape index (κ3) is 14.7. The van der Waals surface area contributed by atoms with Gasteiger partial charge in [-0.1, -0.05) is 23.5 Å². The summed E-state index contributed by atoms with van der Waals surface area (Å²) < 4.78 is 12.4. The highest BCUT2D eigenvalue weighted by molar-refractivity contribution is 8.23. The topological polar surface area (TPSA) is 18.5 Å². The van der Waals surface area contributed by atoms with Gasteiger partial charge in [-0.25, -0.2) is 0 Å². The van der Waals surface area contributed by atoms with Gasteiger partial charge in [-0.2, -0.15) is 0 Å². The maximum absolute atomic E-state index is 5.57. The molecule has 0 atom stereocenters. The molecule has 0 aliphatic heterocycles. The second-order valence-electron chi connectivity index (χ2n) is 5.98. The molecule has 0 radical (unpaired) electrons. The van der Waals surface area contributed by atoms with Gasteiger partial charge < -0.3 is 9.47 Å². The highest BCUT2D eigenvalue weighted by atomic mass is 32.2. The number of rotatable bonds is 4. The fourth-order valence-electron chi connectivity index (χ4n) is 0.929. The summed E-state index contributed by atoms with van der Waals surface area (Å²) in [7, 11) is 0. The monoisotopic (exact) mass is 340 g/mol. The third-order valence-corrected chi connectivity index (χ3v) is 4.00. The Morgan fingerprint density at radius 3 is 1.37 bits per heavy atom. The maximum atomic E-state index is 5.57. The van der Waals surface area contributed by atoms with Crippen molar-refractivity contribution in [3.05, 3.63) is 0 Å². The van der Waals surface area contributed by atoms with Gasteiger partial charge in [0.25, 0.3) is 0 Å². The molecule has 0 N–H and O–H groups in total. The molecule has 0 spiro atoms. The molecule has 0 saturated heterocycles. The molecule has 0 saturated carbocycles. The number of ether oxygens (including phenoxy) is 2. The number of hydrogen-bond acceptors (Lipinski definition) is 6. The Balaban J connectivity index is 3.61. The van der Waals surface area contributed by atoms with Gasteiger partial charge in [0, 0.05) is 11.5 Å². The van der Waals surface area contributed by atoms with E-state index < -0.39 is 0 Å². The fraction of sp³-hybridized carbons (Fsp3) is 0.846. The zero-order valence-corrected chi connectivity index (χ0v) is 15.8. The molecule has 0 unspecified atom stereocenters. The molecule has 2 nitrogen and oxygen atoms in total. The van der Waals surface area contributed by atoms with Gasteiger partial charge in [0.2, 0.25) is 8.77 Å². The molecule has 0 aromatic rings. The van der Waals surface area contributed by atoms with E-state index >= 15 is 0 Å². The summed E-state index contributed by atoms with van der Waals surface area (Å²) in [6.45, 7) is 12.0. The quantitative estimate of drug-likeness (QED) is 0.523. The molecule has 0 rings (SSSR count). The Hall–Kier alpha value is 0.480. The molecule has 0 amide bonds. The van der Waals surface area contributed by atoms with E-state index in [9.17, 15) is 0 Å². The van der Waals surface area contributed by atoms with E-state index in [0.717, 1.165) is 17.9 Å². The summed E-state index contributed by atoms with van der Waals surface area (Å²) in [5.74, 6) is 1.89. The van der Waals surface area contributed by atoms with Crippen molar-refractivity contribution in [2.24, 2.45) is 0 Å². The summed E-state index contributed by atoms with van der Waals surface area (Å²) >= 11 is 13.5. The minimum absolute atomic E-state index is 0.207. The van der Waals surface area contributed by atoms with Gasteiger partial charge in [0.15, 0.2) is 0 Å². The lowest BCUT2D eigenvalue weighted by atomic mass is 10.2. The Labute approximate surface area is 136 Å². The van der Waals surface area contributed by atoms with Crippen LogP contribution in [-0.4, -0.2) is 31.5 Å². The van der Waals surface area contributed by atoms with Crippen LogP contribution in [0.25, 0.3) is 0 Å². The van der Waals surface area contributed by atoms with Crippen LogP contribution in [0.5, 0.6) is 0 Å². The summed E-state index contributed by atoms with van der Waals surface area (Å²) in [4.78, 5) is 0. The van der Waals surface area contributed by atoms with Crippen molar-refractivity contribution in [3.8, 4) is 0 Å². The Bertz CT molecular complexity index is 273. The van der Waals surface area contributed by atoms with Gasteiger partial charge in [-0.3, -0.25) is 0 Å². The van der Waals surface area contributed by atoms with E-state index in [0.29, 0.717) is 8.77 Å². The molecule has 112 valence electrons. The SMILES string of the molecule is CC(C)(C)OC(=S)SCCCSC(=S)OC(C)(C)C. The van der Waals surface area contributed by atoms with Gasteiger partial charge in [-0.05, 0) is 72.4 Å². The van der Waals surface area contributed by atoms with Crippen LogP contribution in [0.1, 0.15) is 48.0 Å². The van der Waals surface area contributed by atoms with E-state index in [1.807, 2.05) is 41.5 Å². The van der Waals surface area contributed by atoms with Crippen molar-refractivity contribution in [2.45, 2.75) is 59.2 Å². The zero-order valence-electron chi connectivity index (χ0n) is 12.6. The molecule has 19 heavy (non-hydrogen) atoms. The average molecular weight is 341 g/mol. The predicted octanol–water partition coefficient (Wildman–Crippen LogP) is 5.04. The lowest BCUT2D eigenvalue weighted by Crippen LogP contribution is -2.21. The van der Waals surface area contributed by atoms with Gasteiger partial charge in [0.1, 0.15) is 11.2 Å². The van der Waals surface area contributed by atoms with Crippen LogP contribution in [0.3, 0.4) is 0 Å². The molecular weight excluding hydrogens is 316 g/mol. The molecule has 0 aromatic carbocycles. The molecular formula is C13H24O2S4. The highest BCUT2D eigenvalue weighted by Crippen LogP contribution is 2.19. The zero-order chi connectivity index (χ0) is 15.1. The highest BCUT2D eigenvalue weighted by Gasteiger charge is 2.15. The fourth-order valence-corrected chi connectivity index (χ4v) is 3.64. The largest absolute Gasteiger partial charge is 0.473 e. The van der Waals surface area contributed by atoms with Crippen molar-refractivity contribution in [3.63, 3.8) is 0 Å². The lowest BCUT2D eigenvalue weighted by Gasteiger charge is -2.21. The lowest BCUT2D eigenvalue weighted by molar-refractivity contribution is 0.127. The van der Waals surface area contributed by atoms with Crippen molar-refractivity contribution < 1.29 is 9.47 Å². The average Bonchev–Trinajstić information content (AvgIpc) is 2.10. The van der Waals surface area contributed by atoms with Crippen molar-refractivity contribution in [1.29, 1.82) is 0 Å². The standard InChI is InChI=1S/C13H24O2S4/c1-12(2,3)14-10(16)18-8-7-9-19-11(17)15-13(4,5)6/h7-9H2,1-6H3. The van der Waals surface area contributed by atoms with E-state index in [1.54, 1.807) is 23.5 Å². The van der Waals surface area contributed by atoms with Crippen molar-refractivity contribution >= 4 is 56.7 Å². The summed E-state index contributed by atoms with van der Waals surface area (Å²) in [5, 5.41) is 0.